The fraction of sp³-hybridized carbons (Fsp3) is 0.400. The summed E-state index contributed by atoms with van der Waals surface area (Å²) in [5, 5.41) is 0. The van der Waals surface area contributed by atoms with Crippen LogP contribution >= 0.6 is 0 Å². The quantitative estimate of drug-likeness (QED) is 0.614. The molecule has 112 valence electrons. The van der Waals surface area contributed by atoms with E-state index in [0.29, 0.717) is 0 Å². The zero-order valence-corrected chi connectivity index (χ0v) is 13.4. The SMILES string of the molecule is CCN(CC)CCCCc1ccc(-c2ccccc2)cc1. The van der Waals surface area contributed by atoms with E-state index in [-0.39, 0.29) is 0 Å². The lowest BCUT2D eigenvalue weighted by molar-refractivity contribution is 0.297. The number of hydrogen-bond donors (Lipinski definition) is 0. The van der Waals surface area contributed by atoms with Crippen LogP contribution in [0.3, 0.4) is 0 Å². The summed E-state index contributed by atoms with van der Waals surface area (Å²) in [5.41, 5.74) is 4.06. The molecule has 21 heavy (non-hydrogen) atoms. The Bertz CT molecular complexity index is 497. The second-order valence-electron chi connectivity index (χ2n) is 5.55. The average Bonchev–Trinajstić information content (AvgIpc) is 2.56. The average molecular weight is 281 g/mol. The Hall–Kier alpha value is -1.60. The minimum absolute atomic E-state index is 1.17. The van der Waals surface area contributed by atoms with Gasteiger partial charge in [-0.2, -0.15) is 0 Å². The molecule has 0 spiro atoms. The Morgan fingerprint density at radius 2 is 1.33 bits per heavy atom. The Morgan fingerprint density at radius 3 is 1.95 bits per heavy atom. The van der Waals surface area contributed by atoms with Gasteiger partial charge in [0.2, 0.25) is 0 Å². The van der Waals surface area contributed by atoms with Crippen LogP contribution in [-0.2, 0) is 6.42 Å². The summed E-state index contributed by atoms with van der Waals surface area (Å²) in [6.45, 7) is 8.05. The molecule has 0 radical (unpaired) electrons. The molecule has 0 heterocycles. The summed E-state index contributed by atoms with van der Waals surface area (Å²) in [6, 6.07) is 19.6. The van der Waals surface area contributed by atoms with Crippen LogP contribution in [0.1, 0.15) is 32.3 Å². The van der Waals surface area contributed by atoms with E-state index in [1.54, 1.807) is 0 Å². The standard InChI is InChI=1S/C20H27N/c1-3-21(4-2)17-9-8-10-18-13-15-20(16-14-18)19-11-6-5-7-12-19/h5-7,11-16H,3-4,8-10,17H2,1-2H3. The lowest BCUT2D eigenvalue weighted by Crippen LogP contribution is -2.23. The third kappa shape index (κ3) is 5.02. The van der Waals surface area contributed by atoms with Crippen molar-refractivity contribution >= 4 is 0 Å². The van der Waals surface area contributed by atoms with Gasteiger partial charge in [-0.05, 0) is 55.6 Å². The molecular weight excluding hydrogens is 254 g/mol. The predicted octanol–water partition coefficient (Wildman–Crippen LogP) is 5.02. The highest BCUT2D eigenvalue weighted by molar-refractivity contribution is 5.63. The molecule has 0 aliphatic heterocycles. The maximum Gasteiger partial charge on any atom is -0.00189 e. The highest BCUT2D eigenvalue weighted by atomic mass is 15.1. The first-order valence-electron chi connectivity index (χ1n) is 8.20. The van der Waals surface area contributed by atoms with E-state index in [9.17, 15) is 0 Å². The van der Waals surface area contributed by atoms with Gasteiger partial charge in [0.15, 0.2) is 0 Å². The molecule has 0 saturated heterocycles. The topological polar surface area (TPSA) is 3.24 Å². The molecule has 0 saturated carbocycles. The molecule has 0 aliphatic rings. The molecule has 2 rings (SSSR count). The highest BCUT2D eigenvalue weighted by Gasteiger charge is 2.00. The zero-order chi connectivity index (χ0) is 14.9. The minimum Gasteiger partial charge on any atom is -0.304 e. The molecule has 2 aromatic carbocycles. The third-order valence-electron chi connectivity index (χ3n) is 4.15. The van der Waals surface area contributed by atoms with E-state index in [1.165, 1.54) is 55.6 Å². The van der Waals surface area contributed by atoms with Gasteiger partial charge in [0.1, 0.15) is 0 Å². The normalized spacial score (nSPS) is 11.0. The minimum atomic E-state index is 1.17. The van der Waals surface area contributed by atoms with Gasteiger partial charge in [-0.3, -0.25) is 0 Å². The summed E-state index contributed by atoms with van der Waals surface area (Å²) in [6.07, 6.45) is 3.76. The lowest BCUT2D eigenvalue weighted by atomic mass is 10.0. The molecule has 0 amide bonds. The van der Waals surface area contributed by atoms with Gasteiger partial charge in [-0.1, -0.05) is 68.4 Å². The van der Waals surface area contributed by atoms with Gasteiger partial charge in [0.25, 0.3) is 0 Å². The van der Waals surface area contributed by atoms with Crippen LogP contribution in [0.25, 0.3) is 11.1 Å². The first kappa shape index (κ1) is 15.8. The Balaban J connectivity index is 1.80. The van der Waals surface area contributed by atoms with Crippen LogP contribution in [0.4, 0.5) is 0 Å². The van der Waals surface area contributed by atoms with E-state index >= 15 is 0 Å². The summed E-state index contributed by atoms with van der Waals surface area (Å²) in [7, 11) is 0. The molecule has 0 aliphatic carbocycles. The number of aryl methyl sites for hydroxylation is 1. The number of hydrogen-bond acceptors (Lipinski definition) is 1. The van der Waals surface area contributed by atoms with Crippen molar-refractivity contribution in [1.82, 2.24) is 4.90 Å². The van der Waals surface area contributed by atoms with Gasteiger partial charge >= 0.3 is 0 Å². The second kappa shape index (κ2) is 8.63. The van der Waals surface area contributed by atoms with Crippen molar-refractivity contribution in [3.8, 4) is 11.1 Å². The van der Waals surface area contributed by atoms with Crippen LogP contribution in [0.5, 0.6) is 0 Å². The van der Waals surface area contributed by atoms with Crippen molar-refractivity contribution < 1.29 is 0 Å². The van der Waals surface area contributed by atoms with E-state index in [2.05, 4.69) is 73.3 Å². The highest BCUT2D eigenvalue weighted by Crippen LogP contribution is 2.19. The molecule has 0 bridgehead atoms. The van der Waals surface area contributed by atoms with Crippen molar-refractivity contribution in [3.05, 3.63) is 60.2 Å². The molecule has 0 atom stereocenters. The van der Waals surface area contributed by atoms with E-state index in [1.807, 2.05) is 0 Å². The number of benzene rings is 2. The van der Waals surface area contributed by atoms with Gasteiger partial charge < -0.3 is 4.90 Å². The number of unbranched alkanes of at least 4 members (excludes halogenated alkanes) is 1. The van der Waals surface area contributed by atoms with Crippen LogP contribution in [0, 0.1) is 0 Å². The first-order chi connectivity index (χ1) is 10.3. The summed E-state index contributed by atoms with van der Waals surface area (Å²) < 4.78 is 0. The number of rotatable bonds is 8. The first-order valence-corrected chi connectivity index (χ1v) is 8.20. The molecule has 0 aromatic heterocycles. The molecule has 1 nitrogen and oxygen atoms in total. The van der Waals surface area contributed by atoms with Crippen LogP contribution in [-0.4, -0.2) is 24.5 Å². The number of nitrogens with zero attached hydrogens (tertiary/aromatic N) is 1. The van der Waals surface area contributed by atoms with Crippen LogP contribution in [0.2, 0.25) is 0 Å². The summed E-state index contributed by atoms with van der Waals surface area (Å²) in [4.78, 5) is 2.50. The monoisotopic (exact) mass is 281 g/mol. The second-order valence-corrected chi connectivity index (χ2v) is 5.55. The van der Waals surface area contributed by atoms with E-state index < -0.39 is 0 Å². The third-order valence-corrected chi connectivity index (χ3v) is 4.15. The van der Waals surface area contributed by atoms with E-state index in [4.69, 9.17) is 0 Å². The van der Waals surface area contributed by atoms with Gasteiger partial charge in [0.05, 0.1) is 0 Å². The lowest BCUT2D eigenvalue weighted by Gasteiger charge is -2.17. The Kier molecular flexibility index (Phi) is 6.49. The van der Waals surface area contributed by atoms with Crippen molar-refractivity contribution in [1.29, 1.82) is 0 Å². The fourth-order valence-corrected chi connectivity index (χ4v) is 2.70. The maximum atomic E-state index is 2.50. The molecule has 0 unspecified atom stereocenters. The molecule has 0 N–H and O–H groups in total. The van der Waals surface area contributed by atoms with Crippen molar-refractivity contribution in [3.63, 3.8) is 0 Å². The van der Waals surface area contributed by atoms with Gasteiger partial charge in [-0.25, -0.2) is 0 Å². The van der Waals surface area contributed by atoms with E-state index in [0.717, 1.165) is 0 Å². The van der Waals surface area contributed by atoms with Gasteiger partial charge in [0, 0.05) is 0 Å². The molecule has 1 heteroatoms. The van der Waals surface area contributed by atoms with Crippen molar-refractivity contribution in [2.45, 2.75) is 33.1 Å². The Labute approximate surface area is 129 Å². The Morgan fingerprint density at radius 1 is 0.714 bits per heavy atom. The molecule has 0 fully saturated rings. The smallest absolute Gasteiger partial charge is 0.00189 e. The summed E-state index contributed by atoms with van der Waals surface area (Å²) in [5.74, 6) is 0. The van der Waals surface area contributed by atoms with Crippen LogP contribution in [0.15, 0.2) is 54.6 Å². The largest absolute Gasteiger partial charge is 0.304 e. The molecular formula is C20H27N. The fourth-order valence-electron chi connectivity index (χ4n) is 2.70. The van der Waals surface area contributed by atoms with Crippen molar-refractivity contribution in [2.75, 3.05) is 19.6 Å². The van der Waals surface area contributed by atoms with Gasteiger partial charge in [-0.15, -0.1) is 0 Å². The summed E-state index contributed by atoms with van der Waals surface area (Å²) >= 11 is 0. The van der Waals surface area contributed by atoms with Crippen LogP contribution < -0.4 is 0 Å². The predicted molar refractivity (Wildman–Crippen MR) is 92.6 cm³/mol. The maximum absolute atomic E-state index is 2.50. The molecule has 2 aromatic rings. The zero-order valence-electron chi connectivity index (χ0n) is 13.4. The van der Waals surface area contributed by atoms with Crippen molar-refractivity contribution in [2.24, 2.45) is 0 Å².